The van der Waals surface area contributed by atoms with E-state index in [4.69, 9.17) is 4.74 Å². The molecule has 1 rings (SSSR count). The molecule has 0 aromatic heterocycles. The molecule has 0 N–H and O–H groups in total. The van der Waals surface area contributed by atoms with Crippen LogP contribution in [0.2, 0.25) is 0 Å². The highest BCUT2D eigenvalue weighted by Crippen LogP contribution is 2.13. The first-order chi connectivity index (χ1) is 6.72. The third kappa shape index (κ3) is 3.47. The van der Waals surface area contributed by atoms with Crippen LogP contribution in [0.5, 0.6) is 5.75 Å². The van der Waals surface area contributed by atoms with Crippen LogP contribution in [0.4, 0.5) is 0 Å². The van der Waals surface area contributed by atoms with Gasteiger partial charge in [0.2, 0.25) is 0 Å². The van der Waals surface area contributed by atoms with Gasteiger partial charge in [-0.15, -0.1) is 0 Å². The summed E-state index contributed by atoms with van der Waals surface area (Å²) in [6.45, 7) is 5.58. The quantitative estimate of drug-likeness (QED) is 0.718. The number of benzene rings is 1. The summed E-state index contributed by atoms with van der Waals surface area (Å²) in [5, 5.41) is 0. The lowest BCUT2D eigenvalue weighted by Gasteiger charge is -2.09. The second-order valence-electron chi connectivity index (χ2n) is 3.18. The Morgan fingerprint density at radius 1 is 1.29 bits per heavy atom. The van der Waals surface area contributed by atoms with Gasteiger partial charge in [0.05, 0.1) is 6.10 Å². The van der Waals surface area contributed by atoms with Gasteiger partial charge in [-0.3, -0.25) is 0 Å². The van der Waals surface area contributed by atoms with Gasteiger partial charge in [-0.1, -0.05) is 12.1 Å². The Hall–Kier alpha value is -1.51. The van der Waals surface area contributed by atoms with E-state index in [2.05, 4.69) is 4.74 Å². The van der Waals surface area contributed by atoms with Crippen molar-refractivity contribution in [3.63, 3.8) is 0 Å². The fourth-order valence-corrected chi connectivity index (χ4v) is 1.05. The Morgan fingerprint density at radius 2 is 1.93 bits per heavy atom. The van der Waals surface area contributed by atoms with Crippen LogP contribution in [0.1, 0.15) is 19.4 Å². The summed E-state index contributed by atoms with van der Waals surface area (Å²) in [5.74, 6) is 0.818. The van der Waals surface area contributed by atoms with Crippen LogP contribution in [-0.4, -0.2) is 12.6 Å². The molecular weight excluding hydrogens is 180 g/mol. The molecule has 1 radical (unpaired) electrons. The van der Waals surface area contributed by atoms with Gasteiger partial charge in [0.15, 0.2) is 0 Å². The van der Waals surface area contributed by atoms with Crippen molar-refractivity contribution in [2.45, 2.75) is 26.6 Å². The van der Waals surface area contributed by atoms with Gasteiger partial charge in [-0.05, 0) is 31.5 Å². The van der Waals surface area contributed by atoms with E-state index in [0.29, 0.717) is 0 Å². The van der Waals surface area contributed by atoms with Gasteiger partial charge < -0.3 is 9.47 Å². The fraction of sp³-hybridized carbons (Fsp3) is 0.364. The molecule has 1 aromatic carbocycles. The Bertz CT molecular complexity index is 277. The van der Waals surface area contributed by atoms with E-state index >= 15 is 0 Å². The maximum absolute atomic E-state index is 9.82. The standard InChI is InChI=1S/C11H13O3/c1-9(2)14-11-5-3-10(4-6-11)7-13-8-12/h3-6,9H,7H2,1-2H3. The van der Waals surface area contributed by atoms with E-state index in [1.807, 2.05) is 38.1 Å². The highest BCUT2D eigenvalue weighted by atomic mass is 16.5. The molecule has 3 nitrogen and oxygen atoms in total. The Kier molecular flexibility index (Phi) is 3.98. The van der Waals surface area contributed by atoms with Crippen LogP contribution in [0.25, 0.3) is 0 Å². The van der Waals surface area contributed by atoms with Crippen molar-refractivity contribution in [2.24, 2.45) is 0 Å². The lowest BCUT2D eigenvalue weighted by Crippen LogP contribution is -2.05. The predicted molar refractivity (Wildman–Crippen MR) is 52.7 cm³/mol. The Labute approximate surface area is 83.6 Å². The molecule has 1 aromatic rings. The summed E-state index contributed by atoms with van der Waals surface area (Å²) in [7, 11) is 0. The molecule has 0 spiro atoms. The zero-order chi connectivity index (χ0) is 10.4. The average molecular weight is 193 g/mol. The SMILES string of the molecule is CC(C)Oc1ccc(CO[C]=O)cc1. The van der Waals surface area contributed by atoms with E-state index < -0.39 is 0 Å². The van der Waals surface area contributed by atoms with E-state index in [9.17, 15) is 4.79 Å². The van der Waals surface area contributed by atoms with Crippen LogP contribution in [-0.2, 0) is 16.1 Å². The molecule has 0 saturated heterocycles. The van der Waals surface area contributed by atoms with Gasteiger partial charge in [-0.25, -0.2) is 4.79 Å². The molecule has 0 aliphatic heterocycles. The largest absolute Gasteiger partial charge is 0.491 e. The first-order valence-electron chi connectivity index (χ1n) is 4.47. The summed E-state index contributed by atoms with van der Waals surface area (Å²) in [5.41, 5.74) is 0.921. The van der Waals surface area contributed by atoms with Crippen molar-refractivity contribution < 1.29 is 14.3 Å². The zero-order valence-electron chi connectivity index (χ0n) is 8.32. The summed E-state index contributed by atoms with van der Waals surface area (Å²) in [6.07, 6.45) is 0.167. The first-order valence-corrected chi connectivity index (χ1v) is 4.47. The zero-order valence-corrected chi connectivity index (χ0v) is 8.32. The minimum absolute atomic E-state index is 0.167. The Balaban J connectivity index is 2.54. The van der Waals surface area contributed by atoms with Crippen molar-refractivity contribution >= 4 is 6.47 Å². The molecule has 75 valence electrons. The van der Waals surface area contributed by atoms with Crippen LogP contribution in [0.15, 0.2) is 24.3 Å². The molecule has 0 fully saturated rings. The maximum atomic E-state index is 9.82. The van der Waals surface area contributed by atoms with Gasteiger partial charge in [0, 0.05) is 0 Å². The topological polar surface area (TPSA) is 35.5 Å². The number of hydrogen-bond acceptors (Lipinski definition) is 3. The van der Waals surface area contributed by atoms with Gasteiger partial charge in [0.25, 0.3) is 0 Å². The smallest absolute Gasteiger partial charge is 0.417 e. The summed E-state index contributed by atoms with van der Waals surface area (Å²) in [6, 6.07) is 7.41. The molecule has 0 bridgehead atoms. The lowest BCUT2D eigenvalue weighted by atomic mass is 10.2. The predicted octanol–water partition coefficient (Wildman–Crippen LogP) is 2.06. The van der Waals surface area contributed by atoms with E-state index in [0.717, 1.165) is 11.3 Å². The molecule has 0 saturated carbocycles. The Morgan fingerprint density at radius 3 is 2.43 bits per heavy atom. The molecule has 0 amide bonds. The van der Waals surface area contributed by atoms with Gasteiger partial charge in [-0.2, -0.15) is 0 Å². The normalized spacial score (nSPS) is 9.93. The summed E-state index contributed by atoms with van der Waals surface area (Å²) in [4.78, 5) is 9.82. The van der Waals surface area contributed by atoms with Crippen molar-refractivity contribution in [3.8, 4) is 5.75 Å². The number of hydrogen-bond donors (Lipinski definition) is 0. The molecule has 0 heterocycles. The monoisotopic (exact) mass is 193 g/mol. The van der Waals surface area contributed by atoms with Crippen LogP contribution < -0.4 is 4.74 Å². The number of rotatable bonds is 5. The minimum atomic E-state index is 0.167. The van der Waals surface area contributed by atoms with Crippen LogP contribution in [0.3, 0.4) is 0 Å². The molecule has 0 aliphatic rings. The third-order valence-corrected chi connectivity index (χ3v) is 1.59. The van der Waals surface area contributed by atoms with E-state index in [-0.39, 0.29) is 12.7 Å². The summed E-state index contributed by atoms with van der Waals surface area (Å²) >= 11 is 0. The molecule has 0 aliphatic carbocycles. The van der Waals surface area contributed by atoms with Crippen LogP contribution >= 0.6 is 0 Å². The molecule has 0 unspecified atom stereocenters. The summed E-state index contributed by atoms with van der Waals surface area (Å²) < 4.78 is 9.95. The number of ether oxygens (including phenoxy) is 2. The first kappa shape index (κ1) is 10.6. The van der Waals surface area contributed by atoms with Gasteiger partial charge in [0.1, 0.15) is 12.4 Å². The third-order valence-electron chi connectivity index (χ3n) is 1.59. The highest BCUT2D eigenvalue weighted by Gasteiger charge is 1.98. The molecule has 3 heteroatoms. The fourth-order valence-electron chi connectivity index (χ4n) is 1.05. The average Bonchev–Trinajstić information content (AvgIpc) is 2.16. The van der Waals surface area contributed by atoms with Gasteiger partial charge >= 0.3 is 6.47 Å². The van der Waals surface area contributed by atoms with E-state index in [1.54, 1.807) is 0 Å². The second kappa shape index (κ2) is 5.27. The number of carbonyl (C=O) groups excluding carboxylic acids is 1. The molecule has 14 heavy (non-hydrogen) atoms. The second-order valence-corrected chi connectivity index (χ2v) is 3.18. The highest BCUT2D eigenvalue weighted by molar-refractivity contribution is 5.38. The van der Waals surface area contributed by atoms with Crippen molar-refractivity contribution in [1.29, 1.82) is 0 Å². The van der Waals surface area contributed by atoms with Crippen molar-refractivity contribution in [2.75, 3.05) is 0 Å². The minimum Gasteiger partial charge on any atom is -0.491 e. The maximum Gasteiger partial charge on any atom is 0.417 e. The van der Waals surface area contributed by atoms with Crippen LogP contribution in [0, 0.1) is 0 Å². The van der Waals surface area contributed by atoms with Crippen molar-refractivity contribution in [1.82, 2.24) is 0 Å². The van der Waals surface area contributed by atoms with Crippen molar-refractivity contribution in [3.05, 3.63) is 29.8 Å². The molecular formula is C11H13O3. The molecule has 0 atom stereocenters. The lowest BCUT2D eigenvalue weighted by molar-refractivity contribution is 0.241. The van der Waals surface area contributed by atoms with E-state index in [1.165, 1.54) is 6.47 Å².